The summed E-state index contributed by atoms with van der Waals surface area (Å²) in [5.41, 5.74) is 2.49. The second-order valence-electron chi connectivity index (χ2n) is 5.17. The zero-order valence-corrected chi connectivity index (χ0v) is 12.9. The number of benzene rings is 2. The molecule has 3 aromatic rings. The molecule has 2 aromatic carbocycles. The molecule has 0 saturated carbocycles. The molecular formula is C18H17ClN3. The molecule has 111 valence electrons. The Labute approximate surface area is 135 Å². The number of nitrogens with one attached hydrogen (secondary N) is 1. The quantitative estimate of drug-likeness (QED) is 0.740. The van der Waals surface area contributed by atoms with Crippen LogP contribution in [0.2, 0.25) is 5.02 Å². The van der Waals surface area contributed by atoms with Crippen LogP contribution in [0.5, 0.6) is 0 Å². The van der Waals surface area contributed by atoms with Crippen LogP contribution in [0.15, 0.2) is 54.6 Å². The molecule has 0 aliphatic rings. The fourth-order valence-electron chi connectivity index (χ4n) is 2.29. The van der Waals surface area contributed by atoms with Crippen molar-refractivity contribution >= 4 is 11.6 Å². The predicted octanol–water partition coefficient (Wildman–Crippen LogP) is 4.23. The highest BCUT2D eigenvalue weighted by atomic mass is 35.5. The Morgan fingerprint density at radius 3 is 2.50 bits per heavy atom. The van der Waals surface area contributed by atoms with Crippen molar-refractivity contribution in [2.24, 2.45) is 0 Å². The molecule has 1 aromatic heterocycles. The van der Waals surface area contributed by atoms with Crippen molar-refractivity contribution in [2.45, 2.75) is 19.3 Å². The lowest BCUT2D eigenvalue weighted by molar-refractivity contribution is 0.910. The van der Waals surface area contributed by atoms with Crippen molar-refractivity contribution in [1.82, 2.24) is 15.2 Å². The van der Waals surface area contributed by atoms with Crippen molar-refractivity contribution < 1.29 is 0 Å². The maximum Gasteiger partial charge on any atom is 0.155 e. The maximum absolute atomic E-state index is 5.88. The van der Waals surface area contributed by atoms with Gasteiger partial charge in [-0.2, -0.15) is 5.10 Å². The van der Waals surface area contributed by atoms with Gasteiger partial charge in [-0.15, -0.1) is 0 Å². The van der Waals surface area contributed by atoms with Gasteiger partial charge in [-0.05, 0) is 36.1 Å². The highest BCUT2D eigenvalue weighted by Gasteiger charge is 2.05. The van der Waals surface area contributed by atoms with Gasteiger partial charge in [0.2, 0.25) is 0 Å². The standard InChI is InChI=1S/C18H17ClN3/c19-16-11-9-15(10-12-16)13-18-20-17(21-22-18)8-4-7-14-5-2-1-3-6-14/h1-3,5-6,8-12H,4,7,13H2,(H,20,21,22). The van der Waals surface area contributed by atoms with Crippen molar-refractivity contribution in [1.29, 1.82) is 0 Å². The van der Waals surface area contributed by atoms with Crippen LogP contribution in [-0.2, 0) is 12.8 Å². The van der Waals surface area contributed by atoms with E-state index in [1.807, 2.05) is 30.3 Å². The number of rotatable bonds is 6. The number of H-pyrrole nitrogens is 1. The van der Waals surface area contributed by atoms with Gasteiger partial charge in [-0.1, -0.05) is 54.1 Å². The van der Waals surface area contributed by atoms with E-state index in [9.17, 15) is 0 Å². The van der Waals surface area contributed by atoms with Gasteiger partial charge in [0.15, 0.2) is 5.82 Å². The number of nitrogens with zero attached hydrogens (tertiary/aromatic N) is 2. The summed E-state index contributed by atoms with van der Waals surface area (Å²) in [6.07, 6.45) is 4.75. The third-order valence-electron chi connectivity index (χ3n) is 3.44. The Morgan fingerprint density at radius 1 is 0.955 bits per heavy atom. The summed E-state index contributed by atoms with van der Waals surface area (Å²) in [6, 6.07) is 18.2. The molecule has 0 unspecified atom stereocenters. The van der Waals surface area contributed by atoms with Gasteiger partial charge in [-0.3, -0.25) is 5.10 Å². The van der Waals surface area contributed by atoms with Gasteiger partial charge in [0.25, 0.3) is 0 Å². The van der Waals surface area contributed by atoms with Crippen LogP contribution in [0.4, 0.5) is 0 Å². The zero-order valence-electron chi connectivity index (χ0n) is 12.2. The molecule has 4 heteroatoms. The van der Waals surface area contributed by atoms with E-state index in [4.69, 9.17) is 11.6 Å². The zero-order chi connectivity index (χ0) is 15.2. The normalized spacial score (nSPS) is 10.8. The Hall–Kier alpha value is -2.13. The van der Waals surface area contributed by atoms with Gasteiger partial charge in [0, 0.05) is 17.9 Å². The van der Waals surface area contributed by atoms with E-state index in [1.54, 1.807) is 0 Å². The molecule has 0 aliphatic heterocycles. The molecule has 0 saturated heterocycles. The van der Waals surface area contributed by atoms with Crippen LogP contribution < -0.4 is 0 Å². The van der Waals surface area contributed by atoms with Crippen LogP contribution in [0.25, 0.3) is 0 Å². The van der Waals surface area contributed by atoms with Crippen LogP contribution in [0.1, 0.15) is 29.2 Å². The minimum absolute atomic E-state index is 0.709. The van der Waals surface area contributed by atoms with E-state index < -0.39 is 0 Å². The topological polar surface area (TPSA) is 41.6 Å². The molecule has 0 spiro atoms. The summed E-state index contributed by atoms with van der Waals surface area (Å²) >= 11 is 5.88. The fraction of sp³-hybridized carbons (Fsp3) is 0.167. The van der Waals surface area contributed by atoms with Crippen LogP contribution >= 0.6 is 11.6 Å². The molecule has 3 rings (SSSR count). The fourth-order valence-corrected chi connectivity index (χ4v) is 2.41. The molecule has 0 bridgehead atoms. The summed E-state index contributed by atoms with van der Waals surface area (Å²) in [4.78, 5) is 4.50. The largest absolute Gasteiger partial charge is 0.263 e. The van der Waals surface area contributed by atoms with E-state index in [0.29, 0.717) is 6.42 Å². The summed E-state index contributed by atoms with van der Waals surface area (Å²) in [5, 5.41) is 7.98. The molecule has 1 N–H and O–H groups in total. The molecule has 1 radical (unpaired) electrons. The summed E-state index contributed by atoms with van der Waals surface area (Å²) in [6.45, 7) is 0. The number of halogens is 1. The first-order chi connectivity index (χ1) is 10.8. The molecule has 1 heterocycles. The lowest BCUT2D eigenvalue weighted by atomic mass is 10.1. The first-order valence-corrected chi connectivity index (χ1v) is 7.70. The van der Waals surface area contributed by atoms with Gasteiger partial charge in [0.1, 0.15) is 5.82 Å². The number of aromatic nitrogens is 3. The second-order valence-corrected chi connectivity index (χ2v) is 5.60. The third-order valence-corrected chi connectivity index (χ3v) is 3.69. The second kappa shape index (κ2) is 7.23. The minimum atomic E-state index is 0.709. The molecule has 0 atom stereocenters. The Bertz CT molecular complexity index is 705. The first kappa shape index (κ1) is 14.8. The van der Waals surface area contributed by atoms with E-state index in [2.05, 4.69) is 45.9 Å². The van der Waals surface area contributed by atoms with E-state index in [0.717, 1.165) is 35.1 Å². The van der Waals surface area contributed by atoms with E-state index in [-0.39, 0.29) is 0 Å². The van der Waals surface area contributed by atoms with Crippen LogP contribution in [0.3, 0.4) is 0 Å². The molecule has 22 heavy (non-hydrogen) atoms. The summed E-state index contributed by atoms with van der Waals surface area (Å²) in [5.74, 6) is 1.63. The van der Waals surface area contributed by atoms with Crippen molar-refractivity contribution in [3.05, 3.63) is 88.8 Å². The molecule has 3 nitrogen and oxygen atoms in total. The Kier molecular flexibility index (Phi) is 4.86. The van der Waals surface area contributed by atoms with Crippen molar-refractivity contribution in [2.75, 3.05) is 0 Å². The van der Waals surface area contributed by atoms with Gasteiger partial charge >= 0.3 is 0 Å². The smallest absolute Gasteiger partial charge is 0.155 e. The highest BCUT2D eigenvalue weighted by Crippen LogP contribution is 2.12. The average molecular weight is 311 g/mol. The predicted molar refractivity (Wildman–Crippen MR) is 88.8 cm³/mol. The number of aryl methyl sites for hydroxylation is 1. The van der Waals surface area contributed by atoms with Gasteiger partial charge < -0.3 is 0 Å². The lowest BCUT2D eigenvalue weighted by Crippen LogP contribution is -1.92. The Balaban J connectivity index is 1.51. The highest BCUT2D eigenvalue weighted by molar-refractivity contribution is 6.30. The minimum Gasteiger partial charge on any atom is -0.263 e. The third kappa shape index (κ3) is 4.18. The van der Waals surface area contributed by atoms with Crippen molar-refractivity contribution in [3.8, 4) is 0 Å². The summed E-state index contributed by atoms with van der Waals surface area (Å²) < 4.78 is 0. The Morgan fingerprint density at radius 2 is 1.73 bits per heavy atom. The number of hydrogen-bond acceptors (Lipinski definition) is 2. The first-order valence-electron chi connectivity index (χ1n) is 7.32. The summed E-state index contributed by atoms with van der Waals surface area (Å²) in [7, 11) is 0. The lowest BCUT2D eigenvalue weighted by Gasteiger charge is -1.99. The molecule has 0 fully saturated rings. The molecular weight excluding hydrogens is 294 g/mol. The van der Waals surface area contributed by atoms with Crippen LogP contribution in [0, 0.1) is 6.42 Å². The van der Waals surface area contributed by atoms with Crippen LogP contribution in [-0.4, -0.2) is 15.2 Å². The average Bonchev–Trinajstić information content (AvgIpc) is 2.98. The maximum atomic E-state index is 5.88. The van der Waals surface area contributed by atoms with Gasteiger partial charge in [0.05, 0.1) is 0 Å². The molecule has 0 amide bonds. The number of aromatic amines is 1. The SMILES string of the molecule is Clc1ccc(Cc2n[nH]c([CH]CCc3ccccc3)n2)cc1. The number of hydrogen-bond donors (Lipinski definition) is 1. The van der Waals surface area contributed by atoms with Gasteiger partial charge in [-0.25, -0.2) is 4.98 Å². The van der Waals surface area contributed by atoms with E-state index >= 15 is 0 Å². The van der Waals surface area contributed by atoms with E-state index in [1.165, 1.54) is 5.56 Å². The monoisotopic (exact) mass is 310 g/mol. The van der Waals surface area contributed by atoms with Crippen molar-refractivity contribution in [3.63, 3.8) is 0 Å². The molecule has 0 aliphatic carbocycles.